The summed E-state index contributed by atoms with van der Waals surface area (Å²) in [5, 5.41) is 2.91. The van der Waals surface area contributed by atoms with Crippen LogP contribution in [0.3, 0.4) is 0 Å². The van der Waals surface area contributed by atoms with Gasteiger partial charge in [-0.3, -0.25) is 0 Å². The largest absolute Gasteiger partial charge is 0.428 e. The third-order valence-electron chi connectivity index (χ3n) is 2.74. The fourth-order valence-electron chi connectivity index (χ4n) is 1.98. The van der Waals surface area contributed by atoms with Gasteiger partial charge in [-0.1, -0.05) is 19.3 Å². The maximum atomic E-state index is 5.55. The van der Waals surface area contributed by atoms with E-state index in [0.29, 0.717) is 11.9 Å². The van der Waals surface area contributed by atoms with Crippen LogP contribution < -0.4 is 5.32 Å². The number of aromatic nitrogens is 1. The van der Waals surface area contributed by atoms with E-state index in [-0.39, 0.29) is 0 Å². The second kappa shape index (κ2) is 3.81. The predicted octanol–water partition coefficient (Wildman–Crippen LogP) is 2.76. The molecule has 0 spiro atoms. The molecule has 1 saturated carbocycles. The molecule has 1 aliphatic carbocycles. The van der Waals surface area contributed by atoms with E-state index in [1.807, 2.05) is 13.2 Å². The lowest BCUT2D eigenvalue weighted by Gasteiger charge is -2.18. The van der Waals surface area contributed by atoms with Crippen LogP contribution in [0.15, 0.2) is 10.6 Å². The second-order valence-corrected chi connectivity index (χ2v) is 3.65. The number of oxazole rings is 1. The number of nitrogens with one attached hydrogen (secondary N) is 1. The summed E-state index contributed by atoms with van der Waals surface area (Å²) in [6, 6.07) is 0.639. The molecule has 0 radical (unpaired) electrons. The minimum absolute atomic E-state index is 0.614. The Kier molecular flexibility index (Phi) is 2.52. The zero-order chi connectivity index (χ0) is 9.10. The highest BCUT2D eigenvalue weighted by atomic mass is 16.4. The molecule has 3 heteroatoms. The van der Waals surface area contributed by atoms with E-state index in [1.54, 1.807) is 0 Å². The van der Waals surface area contributed by atoms with Crippen molar-refractivity contribution in [2.45, 2.75) is 38.0 Å². The van der Waals surface area contributed by atoms with Gasteiger partial charge in [0, 0.05) is 13.0 Å². The quantitative estimate of drug-likeness (QED) is 0.760. The Balaban J connectivity index is 2.05. The monoisotopic (exact) mass is 180 g/mol. The number of rotatable bonds is 2. The SMILES string of the molecule is CNc1ncc(C2CCCCC2)o1. The zero-order valence-electron chi connectivity index (χ0n) is 8.05. The summed E-state index contributed by atoms with van der Waals surface area (Å²) >= 11 is 0. The molecule has 0 atom stereocenters. The lowest BCUT2D eigenvalue weighted by molar-refractivity contribution is 0.379. The first-order valence-corrected chi connectivity index (χ1v) is 5.03. The van der Waals surface area contributed by atoms with Crippen LogP contribution in [-0.4, -0.2) is 12.0 Å². The van der Waals surface area contributed by atoms with Crippen molar-refractivity contribution in [2.24, 2.45) is 0 Å². The minimum Gasteiger partial charge on any atom is -0.428 e. The van der Waals surface area contributed by atoms with E-state index in [4.69, 9.17) is 4.42 Å². The van der Waals surface area contributed by atoms with Gasteiger partial charge in [-0.25, -0.2) is 4.98 Å². The first kappa shape index (κ1) is 8.60. The summed E-state index contributed by atoms with van der Waals surface area (Å²) in [6.45, 7) is 0. The molecule has 0 bridgehead atoms. The van der Waals surface area contributed by atoms with Crippen molar-refractivity contribution in [1.82, 2.24) is 4.98 Å². The van der Waals surface area contributed by atoms with Crippen LogP contribution in [-0.2, 0) is 0 Å². The van der Waals surface area contributed by atoms with E-state index < -0.39 is 0 Å². The molecular weight excluding hydrogens is 164 g/mol. The van der Waals surface area contributed by atoms with Crippen LogP contribution in [0.4, 0.5) is 6.01 Å². The molecule has 0 amide bonds. The van der Waals surface area contributed by atoms with Gasteiger partial charge in [-0.15, -0.1) is 0 Å². The molecule has 1 N–H and O–H groups in total. The Labute approximate surface area is 78.5 Å². The van der Waals surface area contributed by atoms with Crippen molar-refractivity contribution in [3.8, 4) is 0 Å². The van der Waals surface area contributed by atoms with Crippen molar-refractivity contribution in [3.05, 3.63) is 12.0 Å². The van der Waals surface area contributed by atoms with Gasteiger partial charge in [0.2, 0.25) is 0 Å². The van der Waals surface area contributed by atoms with Crippen LogP contribution in [0, 0.1) is 0 Å². The molecule has 1 heterocycles. The molecule has 0 unspecified atom stereocenters. The Morgan fingerprint density at radius 1 is 1.38 bits per heavy atom. The molecule has 72 valence electrons. The number of nitrogens with zero attached hydrogens (tertiary/aromatic N) is 1. The predicted molar refractivity (Wildman–Crippen MR) is 51.9 cm³/mol. The minimum atomic E-state index is 0.614. The van der Waals surface area contributed by atoms with Crippen molar-refractivity contribution in [2.75, 3.05) is 12.4 Å². The zero-order valence-corrected chi connectivity index (χ0v) is 8.05. The maximum absolute atomic E-state index is 5.55. The fraction of sp³-hybridized carbons (Fsp3) is 0.700. The summed E-state index contributed by atoms with van der Waals surface area (Å²) < 4.78 is 5.55. The number of hydrogen-bond acceptors (Lipinski definition) is 3. The first-order valence-electron chi connectivity index (χ1n) is 5.03. The van der Waals surface area contributed by atoms with Crippen LogP contribution in [0.25, 0.3) is 0 Å². The van der Waals surface area contributed by atoms with Crippen LogP contribution >= 0.6 is 0 Å². The van der Waals surface area contributed by atoms with Gasteiger partial charge < -0.3 is 9.73 Å². The Bertz CT molecular complexity index is 264. The lowest BCUT2D eigenvalue weighted by Crippen LogP contribution is -2.02. The molecule has 0 aliphatic heterocycles. The Morgan fingerprint density at radius 2 is 2.15 bits per heavy atom. The van der Waals surface area contributed by atoms with Gasteiger partial charge in [-0.2, -0.15) is 0 Å². The van der Waals surface area contributed by atoms with E-state index in [0.717, 1.165) is 5.76 Å². The first-order chi connectivity index (χ1) is 6.40. The average Bonchev–Trinajstić information content (AvgIpc) is 2.67. The van der Waals surface area contributed by atoms with E-state index >= 15 is 0 Å². The van der Waals surface area contributed by atoms with E-state index in [2.05, 4.69) is 10.3 Å². The molecule has 0 aromatic carbocycles. The summed E-state index contributed by atoms with van der Waals surface area (Å²) in [6.07, 6.45) is 8.43. The Hall–Kier alpha value is -0.990. The van der Waals surface area contributed by atoms with Gasteiger partial charge in [0.15, 0.2) is 0 Å². The van der Waals surface area contributed by atoms with Gasteiger partial charge in [0.1, 0.15) is 5.76 Å². The van der Waals surface area contributed by atoms with Gasteiger partial charge in [0.25, 0.3) is 6.01 Å². The second-order valence-electron chi connectivity index (χ2n) is 3.65. The van der Waals surface area contributed by atoms with Crippen molar-refractivity contribution >= 4 is 6.01 Å². The maximum Gasteiger partial charge on any atom is 0.294 e. The van der Waals surface area contributed by atoms with Crippen molar-refractivity contribution < 1.29 is 4.42 Å². The molecule has 1 fully saturated rings. The Morgan fingerprint density at radius 3 is 2.77 bits per heavy atom. The van der Waals surface area contributed by atoms with Crippen LogP contribution in [0.5, 0.6) is 0 Å². The number of hydrogen-bond donors (Lipinski definition) is 1. The average molecular weight is 180 g/mol. The van der Waals surface area contributed by atoms with Gasteiger partial charge in [0.05, 0.1) is 6.20 Å². The third kappa shape index (κ3) is 1.85. The molecule has 1 aliphatic rings. The summed E-state index contributed by atoms with van der Waals surface area (Å²) in [4.78, 5) is 4.13. The fourth-order valence-corrected chi connectivity index (χ4v) is 1.98. The summed E-state index contributed by atoms with van der Waals surface area (Å²) in [7, 11) is 1.83. The standard InChI is InChI=1S/C10H16N2O/c1-11-10-12-7-9(13-10)8-5-3-2-4-6-8/h7-8H,2-6H2,1H3,(H,11,12). The summed E-state index contributed by atoms with van der Waals surface area (Å²) in [5.41, 5.74) is 0. The van der Waals surface area contributed by atoms with E-state index in [9.17, 15) is 0 Å². The number of anilines is 1. The van der Waals surface area contributed by atoms with Gasteiger partial charge >= 0.3 is 0 Å². The molecule has 1 aromatic heterocycles. The van der Waals surface area contributed by atoms with Crippen molar-refractivity contribution in [1.29, 1.82) is 0 Å². The molecule has 13 heavy (non-hydrogen) atoms. The normalized spacial score (nSPS) is 18.8. The van der Waals surface area contributed by atoms with Crippen LogP contribution in [0.2, 0.25) is 0 Å². The molecule has 1 aromatic rings. The van der Waals surface area contributed by atoms with Crippen LogP contribution in [0.1, 0.15) is 43.8 Å². The topological polar surface area (TPSA) is 38.1 Å². The molecule has 3 nitrogen and oxygen atoms in total. The highest BCUT2D eigenvalue weighted by molar-refractivity contribution is 5.20. The lowest BCUT2D eigenvalue weighted by atomic mass is 9.88. The van der Waals surface area contributed by atoms with Crippen molar-refractivity contribution in [3.63, 3.8) is 0 Å². The highest BCUT2D eigenvalue weighted by Gasteiger charge is 2.18. The molecular formula is C10H16N2O. The molecule has 0 saturated heterocycles. The van der Waals surface area contributed by atoms with Gasteiger partial charge in [-0.05, 0) is 12.8 Å². The van der Waals surface area contributed by atoms with E-state index in [1.165, 1.54) is 32.1 Å². The smallest absolute Gasteiger partial charge is 0.294 e. The highest BCUT2D eigenvalue weighted by Crippen LogP contribution is 2.33. The molecule has 2 rings (SSSR count). The third-order valence-corrected chi connectivity index (χ3v) is 2.74. The summed E-state index contributed by atoms with van der Waals surface area (Å²) in [5.74, 6) is 1.67.